The Morgan fingerprint density at radius 1 is 1.38 bits per heavy atom. The third-order valence-electron chi connectivity index (χ3n) is 2.21. The molecule has 0 aliphatic carbocycles. The maximum absolute atomic E-state index is 11.3. The van der Waals surface area contributed by atoms with Crippen molar-refractivity contribution in [1.82, 2.24) is 10.2 Å². The van der Waals surface area contributed by atoms with Gasteiger partial charge in [-0.05, 0) is 24.6 Å². The number of H-pyrrole nitrogens is 1. The molecule has 76 valence electrons. The number of hydrogen-bond acceptors (Lipinski definition) is 4. The van der Waals surface area contributed by atoms with Crippen LogP contribution in [0, 0.1) is 6.92 Å². The standard InChI is InChI=1S/C10H8N2O3.Li/c1-5-8-4-6(10(14)15)2-3-7(8)9(13)12-11-5;/h2-4H,1H3,(H,12,13)(H,14,15);/q;+1/p-1. The minimum atomic E-state index is -1.27. The number of carbonyl (C=O) groups is 1. The summed E-state index contributed by atoms with van der Waals surface area (Å²) in [5.41, 5.74) is 0.284. The van der Waals surface area contributed by atoms with Crippen molar-refractivity contribution in [3.05, 3.63) is 39.8 Å². The van der Waals surface area contributed by atoms with Crippen molar-refractivity contribution in [1.29, 1.82) is 0 Å². The van der Waals surface area contributed by atoms with Crippen molar-refractivity contribution < 1.29 is 28.8 Å². The van der Waals surface area contributed by atoms with Crippen LogP contribution in [0.1, 0.15) is 16.1 Å². The molecule has 0 spiro atoms. The third kappa shape index (κ3) is 2.01. The normalized spacial score (nSPS) is 9.81. The van der Waals surface area contributed by atoms with E-state index in [0.717, 1.165) is 0 Å². The number of fused-ring (bicyclic) bond motifs is 1. The van der Waals surface area contributed by atoms with Gasteiger partial charge in [0.2, 0.25) is 0 Å². The number of aromatic nitrogens is 2. The second kappa shape index (κ2) is 4.52. The molecule has 1 N–H and O–H groups in total. The number of rotatable bonds is 1. The van der Waals surface area contributed by atoms with Crippen LogP contribution in [0.4, 0.5) is 0 Å². The molecule has 5 nitrogen and oxygen atoms in total. The van der Waals surface area contributed by atoms with Gasteiger partial charge in [-0.15, -0.1) is 0 Å². The average molecular weight is 210 g/mol. The van der Waals surface area contributed by atoms with Crippen molar-refractivity contribution in [3.63, 3.8) is 0 Å². The van der Waals surface area contributed by atoms with Gasteiger partial charge in [0.15, 0.2) is 0 Å². The van der Waals surface area contributed by atoms with Gasteiger partial charge in [-0.1, -0.05) is 6.07 Å². The van der Waals surface area contributed by atoms with E-state index in [1.807, 2.05) is 0 Å². The van der Waals surface area contributed by atoms with E-state index >= 15 is 0 Å². The summed E-state index contributed by atoms with van der Waals surface area (Å²) < 4.78 is 0. The number of hydrogen-bond donors (Lipinski definition) is 1. The number of aromatic amines is 1. The van der Waals surface area contributed by atoms with Gasteiger partial charge in [-0.3, -0.25) is 4.79 Å². The Kier molecular flexibility index (Phi) is 3.53. The fourth-order valence-electron chi connectivity index (χ4n) is 1.42. The first-order valence-electron chi connectivity index (χ1n) is 4.30. The summed E-state index contributed by atoms with van der Waals surface area (Å²) in [6.45, 7) is 1.69. The van der Waals surface area contributed by atoms with Crippen molar-refractivity contribution >= 4 is 16.7 Å². The average Bonchev–Trinajstić information content (AvgIpc) is 2.23. The molecule has 0 aliphatic rings. The van der Waals surface area contributed by atoms with E-state index in [1.165, 1.54) is 18.2 Å². The molecule has 16 heavy (non-hydrogen) atoms. The maximum Gasteiger partial charge on any atom is 1.00 e. The molecule has 0 bridgehead atoms. The van der Waals surface area contributed by atoms with Crippen molar-refractivity contribution in [2.24, 2.45) is 0 Å². The summed E-state index contributed by atoms with van der Waals surface area (Å²) in [6, 6.07) is 4.18. The summed E-state index contributed by atoms with van der Waals surface area (Å²) in [5, 5.41) is 17.7. The zero-order valence-corrected chi connectivity index (χ0v) is 8.90. The number of carbonyl (C=O) groups excluding carboxylic acids is 1. The molecule has 6 heteroatoms. The van der Waals surface area contributed by atoms with Crippen LogP contribution in [0.5, 0.6) is 0 Å². The Morgan fingerprint density at radius 2 is 2.06 bits per heavy atom. The molecule has 1 aromatic heterocycles. The predicted molar refractivity (Wildman–Crippen MR) is 51.4 cm³/mol. The van der Waals surface area contributed by atoms with Crippen LogP contribution in [0.15, 0.2) is 23.0 Å². The van der Waals surface area contributed by atoms with Crippen LogP contribution in [0.3, 0.4) is 0 Å². The van der Waals surface area contributed by atoms with E-state index in [1.54, 1.807) is 6.92 Å². The van der Waals surface area contributed by atoms with Gasteiger partial charge in [-0.25, -0.2) is 5.10 Å². The van der Waals surface area contributed by atoms with E-state index in [2.05, 4.69) is 10.2 Å². The second-order valence-electron chi connectivity index (χ2n) is 3.19. The fraction of sp³-hybridized carbons (Fsp3) is 0.100. The van der Waals surface area contributed by atoms with Gasteiger partial charge in [0.05, 0.1) is 17.0 Å². The molecule has 1 aromatic carbocycles. The molecule has 0 radical (unpaired) electrons. The second-order valence-corrected chi connectivity index (χ2v) is 3.19. The predicted octanol–water partition coefficient (Wildman–Crippen LogP) is -3.40. The van der Waals surface area contributed by atoms with Crippen LogP contribution in [-0.4, -0.2) is 16.2 Å². The molecule has 2 aromatic rings. The zero-order chi connectivity index (χ0) is 11.0. The molecule has 0 amide bonds. The number of aromatic carboxylic acids is 1. The molecular weight excluding hydrogens is 203 g/mol. The van der Waals surface area contributed by atoms with Gasteiger partial charge < -0.3 is 9.90 Å². The Bertz CT molecular complexity index is 607. The van der Waals surface area contributed by atoms with E-state index in [0.29, 0.717) is 16.5 Å². The summed E-state index contributed by atoms with van der Waals surface area (Å²) in [5.74, 6) is -1.27. The van der Waals surface area contributed by atoms with Gasteiger partial charge in [0, 0.05) is 5.39 Å². The molecule has 0 atom stereocenters. The van der Waals surface area contributed by atoms with E-state index in [9.17, 15) is 14.7 Å². The Labute approximate surface area is 103 Å². The molecule has 0 saturated heterocycles. The number of nitrogens with one attached hydrogen (secondary N) is 1. The van der Waals surface area contributed by atoms with Gasteiger partial charge in [0.25, 0.3) is 5.56 Å². The zero-order valence-electron chi connectivity index (χ0n) is 8.90. The molecule has 0 fully saturated rings. The first-order valence-corrected chi connectivity index (χ1v) is 4.30. The summed E-state index contributed by atoms with van der Waals surface area (Å²) in [7, 11) is 0. The molecule has 1 heterocycles. The van der Waals surface area contributed by atoms with E-state index in [4.69, 9.17) is 0 Å². The smallest absolute Gasteiger partial charge is 0.545 e. The summed E-state index contributed by atoms with van der Waals surface area (Å²) >= 11 is 0. The SMILES string of the molecule is Cc1n[nH]c(=O)c2ccc(C(=O)[O-])cc12.[Li+]. The number of nitrogens with zero attached hydrogens (tertiary/aromatic N) is 1. The molecular formula is C10H7LiN2O3. The molecule has 0 saturated carbocycles. The first kappa shape index (κ1) is 12.5. The van der Waals surface area contributed by atoms with Crippen LogP contribution in [0.25, 0.3) is 10.8 Å². The minimum Gasteiger partial charge on any atom is -0.545 e. The van der Waals surface area contributed by atoms with Gasteiger partial charge in [-0.2, -0.15) is 5.10 Å². The Morgan fingerprint density at radius 3 is 2.69 bits per heavy atom. The third-order valence-corrected chi connectivity index (χ3v) is 2.21. The number of carboxylic acids is 1. The number of benzene rings is 1. The van der Waals surface area contributed by atoms with E-state index in [-0.39, 0.29) is 30.0 Å². The molecule has 0 unspecified atom stereocenters. The number of aryl methyl sites for hydroxylation is 1. The van der Waals surface area contributed by atoms with Crippen LogP contribution in [0.2, 0.25) is 0 Å². The minimum absolute atomic E-state index is 0. The monoisotopic (exact) mass is 210 g/mol. The van der Waals surface area contributed by atoms with Crippen LogP contribution >= 0.6 is 0 Å². The summed E-state index contributed by atoms with van der Waals surface area (Å²) in [6.07, 6.45) is 0. The van der Waals surface area contributed by atoms with Crippen molar-refractivity contribution in [2.45, 2.75) is 6.92 Å². The quantitative estimate of drug-likeness (QED) is 0.497. The summed E-state index contributed by atoms with van der Waals surface area (Å²) in [4.78, 5) is 22.0. The Balaban J connectivity index is 0.00000128. The maximum atomic E-state index is 11.3. The van der Waals surface area contributed by atoms with Crippen molar-refractivity contribution in [3.8, 4) is 0 Å². The molecule has 0 aliphatic heterocycles. The molecule has 2 rings (SSSR count). The Hall–Kier alpha value is -1.57. The fourth-order valence-corrected chi connectivity index (χ4v) is 1.42. The van der Waals surface area contributed by atoms with Gasteiger partial charge >= 0.3 is 18.9 Å². The van der Waals surface area contributed by atoms with Gasteiger partial charge in [0.1, 0.15) is 0 Å². The largest absolute Gasteiger partial charge is 1.00 e. The topological polar surface area (TPSA) is 85.9 Å². The number of carboxylic acid groups (broad SMARTS) is 1. The van der Waals surface area contributed by atoms with Crippen molar-refractivity contribution in [2.75, 3.05) is 0 Å². The first-order chi connectivity index (χ1) is 7.09. The van der Waals surface area contributed by atoms with Crippen LogP contribution < -0.4 is 29.5 Å². The van der Waals surface area contributed by atoms with E-state index < -0.39 is 5.97 Å². The van der Waals surface area contributed by atoms with Crippen LogP contribution in [-0.2, 0) is 0 Å².